The molecule has 1 N–H and O–H groups in total. The van der Waals surface area contributed by atoms with E-state index in [1.807, 2.05) is 0 Å². The largest absolute Gasteiger partial charge is 0.462 e. The van der Waals surface area contributed by atoms with E-state index in [-0.39, 0.29) is 29.1 Å². The van der Waals surface area contributed by atoms with E-state index in [4.69, 9.17) is 16.3 Å². The van der Waals surface area contributed by atoms with Crippen LogP contribution < -0.4 is 5.32 Å². The molecule has 0 bridgehead atoms. The van der Waals surface area contributed by atoms with Crippen molar-refractivity contribution >= 4 is 50.5 Å². The van der Waals surface area contributed by atoms with Crippen molar-refractivity contribution in [2.24, 2.45) is 5.92 Å². The number of sulfonamides is 1. The summed E-state index contributed by atoms with van der Waals surface area (Å²) < 4.78 is 32.2. The number of amides is 1. The number of piperidine rings is 1. The zero-order valence-corrected chi connectivity index (χ0v) is 18.1. The van der Waals surface area contributed by atoms with Crippen LogP contribution in [-0.2, 0) is 19.6 Å². The summed E-state index contributed by atoms with van der Waals surface area (Å²) >= 11 is 6.87. The molecule has 0 aliphatic carbocycles. The number of thiophene rings is 1. The minimum absolute atomic E-state index is 0.162. The zero-order chi connectivity index (χ0) is 21.0. The molecule has 1 aromatic heterocycles. The van der Waals surface area contributed by atoms with Gasteiger partial charge in [0.2, 0.25) is 5.91 Å². The number of hydrogen-bond donors (Lipinski definition) is 1. The maximum Gasteiger partial charge on any atom is 0.338 e. The third-order valence-electron chi connectivity index (χ3n) is 4.63. The molecule has 156 valence electrons. The molecule has 7 nitrogen and oxygen atoms in total. The quantitative estimate of drug-likeness (QED) is 0.670. The van der Waals surface area contributed by atoms with Crippen molar-refractivity contribution in [1.82, 2.24) is 4.31 Å². The van der Waals surface area contributed by atoms with Gasteiger partial charge in [0, 0.05) is 24.7 Å². The van der Waals surface area contributed by atoms with E-state index in [2.05, 4.69) is 5.32 Å². The van der Waals surface area contributed by atoms with Crippen LogP contribution in [0.25, 0.3) is 0 Å². The van der Waals surface area contributed by atoms with Gasteiger partial charge < -0.3 is 10.1 Å². The van der Waals surface area contributed by atoms with Crippen LogP contribution in [0.15, 0.2) is 40.6 Å². The molecule has 0 atom stereocenters. The minimum atomic E-state index is -3.58. The molecule has 1 saturated heterocycles. The Labute approximate surface area is 178 Å². The summed E-state index contributed by atoms with van der Waals surface area (Å²) in [4.78, 5) is 24.2. The normalized spacial score (nSPS) is 15.8. The highest BCUT2D eigenvalue weighted by Gasteiger charge is 2.32. The Morgan fingerprint density at radius 3 is 2.38 bits per heavy atom. The summed E-state index contributed by atoms with van der Waals surface area (Å²) in [6.07, 6.45) is 0.871. The van der Waals surface area contributed by atoms with Crippen LogP contribution in [0.1, 0.15) is 30.1 Å². The van der Waals surface area contributed by atoms with Crippen molar-refractivity contribution in [3.05, 3.63) is 46.3 Å². The van der Waals surface area contributed by atoms with Crippen molar-refractivity contribution < 1.29 is 22.7 Å². The van der Waals surface area contributed by atoms with Crippen molar-refractivity contribution in [2.45, 2.75) is 24.0 Å². The Hall–Kier alpha value is -1.94. The number of ether oxygens (including phenoxy) is 1. The predicted octanol–water partition coefficient (Wildman–Crippen LogP) is 3.62. The van der Waals surface area contributed by atoms with Gasteiger partial charge in [0.25, 0.3) is 10.0 Å². The van der Waals surface area contributed by atoms with Crippen LogP contribution in [0.4, 0.5) is 5.69 Å². The van der Waals surface area contributed by atoms with Gasteiger partial charge >= 0.3 is 5.97 Å². The summed E-state index contributed by atoms with van der Waals surface area (Å²) in [6.45, 7) is 2.58. The van der Waals surface area contributed by atoms with Gasteiger partial charge in [-0.1, -0.05) is 11.6 Å². The highest BCUT2D eigenvalue weighted by atomic mass is 35.5. The molecule has 1 aliphatic heterocycles. The fourth-order valence-electron chi connectivity index (χ4n) is 3.07. The van der Waals surface area contributed by atoms with E-state index >= 15 is 0 Å². The van der Waals surface area contributed by atoms with E-state index in [0.717, 1.165) is 11.3 Å². The first-order chi connectivity index (χ1) is 13.8. The molecule has 3 rings (SSSR count). The van der Waals surface area contributed by atoms with Gasteiger partial charge in [-0.3, -0.25) is 4.79 Å². The second-order valence-corrected chi connectivity index (χ2v) is 10.4. The molecule has 0 radical (unpaired) electrons. The minimum Gasteiger partial charge on any atom is -0.462 e. The lowest BCUT2D eigenvalue weighted by Gasteiger charge is -2.30. The molecule has 0 saturated carbocycles. The maximum absolute atomic E-state index is 12.6. The van der Waals surface area contributed by atoms with E-state index in [9.17, 15) is 18.0 Å². The van der Waals surface area contributed by atoms with Crippen LogP contribution in [0.5, 0.6) is 0 Å². The van der Waals surface area contributed by atoms with Gasteiger partial charge in [-0.25, -0.2) is 13.2 Å². The third kappa shape index (κ3) is 5.16. The Morgan fingerprint density at radius 2 is 1.83 bits per heavy atom. The molecular weight excluding hydrogens is 436 g/mol. The SMILES string of the molecule is CCOC(=O)c1ccc(NC(=O)C2CCN(S(=O)(=O)c3ccc(Cl)s3)CC2)cc1. The average Bonchev–Trinajstić information content (AvgIpc) is 3.16. The Kier molecular flexibility index (Phi) is 6.94. The lowest BCUT2D eigenvalue weighted by molar-refractivity contribution is -0.120. The van der Waals surface area contributed by atoms with Crippen LogP contribution in [-0.4, -0.2) is 44.3 Å². The molecular formula is C19H21ClN2O5S2. The molecule has 1 fully saturated rings. The number of rotatable bonds is 6. The number of carbonyl (C=O) groups excluding carboxylic acids is 2. The molecule has 0 unspecified atom stereocenters. The smallest absolute Gasteiger partial charge is 0.338 e. The highest BCUT2D eigenvalue weighted by Crippen LogP contribution is 2.30. The number of nitrogens with zero attached hydrogens (tertiary/aromatic N) is 1. The summed E-state index contributed by atoms with van der Waals surface area (Å²) in [5.74, 6) is -0.853. The second-order valence-electron chi connectivity index (χ2n) is 6.52. The summed E-state index contributed by atoms with van der Waals surface area (Å²) in [6, 6.07) is 9.53. The number of nitrogens with one attached hydrogen (secondary N) is 1. The van der Waals surface area contributed by atoms with E-state index in [0.29, 0.717) is 35.0 Å². The number of halogens is 1. The number of benzene rings is 1. The van der Waals surface area contributed by atoms with E-state index < -0.39 is 16.0 Å². The van der Waals surface area contributed by atoms with Crippen molar-refractivity contribution in [3.8, 4) is 0 Å². The third-order valence-corrected chi connectivity index (χ3v) is 8.23. The zero-order valence-electron chi connectivity index (χ0n) is 15.8. The number of hydrogen-bond acceptors (Lipinski definition) is 6. The van der Waals surface area contributed by atoms with Crippen LogP contribution in [0, 0.1) is 5.92 Å². The Morgan fingerprint density at radius 1 is 1.17 bits per heavy atom. The second kappa shape index (κ2) is 9.25. The maximum atomic E-state index is 12.6. The first kappa shape index (κ1) is 21.8. The lowest BCUT2D eigenvalue weighted by Crippen LogP contribution is -2.41. The summed E-state index contributed by atoms with van der Waals surface area (Å²) in [5.41, 5.74) is 0.989. The molecule has 1 aliphatic rings. The van der Waals surface area contributed by atoms with Crippen LogP contribution >= 0.6 is 22.9 Å². The van der Waals surface area contributed by atoms with Gasteiger partial charge in [-0.15, -0.1) is 11.3 Å². The molecule has 2 aromatic rings. The molecule has 1 aromatic carbocycles. The van der Waals surface area contributed by atoms with E-state index in [1.54, 1.807) is 37.3 Å². The molecule has 2 heterocycles. The van der Waals surface area contributed by atoms with Crippen molar-refractivity contribution in [1.29, 1.82) is 0 Å². The topological polar surface area (TPSA) is 92.8 Å². The number of esters is 1. The standard InChI is InChI=1S/C19H21ClN2O5S2/c1-2-27-19(24)14-3-5-15(6-4-14)21-18(23)13-9-11-22(12-10-13)29(25,26)17-8-7-16(20)28-17/h3-8,13H,2,9-12H2,1H3,(H,21,23). The van der Waals surface area contributed by atoms with Gasteiger partial charge in [-0.2, -0.15) is 4.31 Å². The van der Waals surface area contributed by atoms with Gasteiger partial charge in [0.15, 0.2) is 0 Å². The van der Waals surface area contributed by atoms with Gasteiger partial charge in [0.1, 0.15) is 4.21 Å². The monoisotopic (exact) mass is 456 g/mol. The Balaban J connectivity index is 1.55. The molecule has 10 heteroatoms. The van der Waals surface area contributed by atoms with E-state index in [1.165, 1.54) is 10.4 Å². The number of carbonyl (C=O) groups is 2. The van der Waals surface area contributed by atoms with Gasteiger partial charge in [-0.05, 0) is 56.2 Å². The molecule has 0 spiro atoms. The fourth-order valence-corrected chi connectivity index (χ4v) is 6.18. The van der Waals surface area contributed by atoms with Crippen LogP contribution in [0.2, 0.25) is 4.34 Å². The number of anilines is 1. The molecule has 29 heavy (non-hydrogen) atoms. The first-order valence-electron chi connectivity index (χ1n) is 9.15. The molecule has 1 amide bonds. The van der Waals surface area contributed by atoms with Crippen LogP contribution in [0.3, 0.4) is 0 Å². The summed E-state index contributed by atoms with van der Waals surface area (Å²) in [5, 5.41) is 2.82. The Bertz CT molecular complexity index is 980. The van der Waals surface area contributed by atoms with Crippen molar-refractivity contribution in [3.63, 3.8) is 0 Å². The summed E-state index contributed by atoms with van der Waals surface area (Å²) in [7, 11) is -3.58. The van der Waals surface area contributed by atoms with Crippen molar-refractivity contribution in [2.75, 3.05) is 25.0 Å². The highest BCUT2D eigenvalue weighted by molar-refractivity contribution is 7.91. The first-order valence-corrected chi connectivity index (χ1v) is 11.8. The lowest BCUT2D eigenvalue weighted by atomic mass is 9.97. The predicted molar refractivity (Wildman–Crippen MR) is 112 cm³/mol. The fraction of sp³-hybridized carbons (Fsp3) is 0.368. The van der Waals surface area contributed by atoms with Gasteiger partial charge in [0.05, 0.1) is 16.5 Å². The average molecular weight is 457 g/mol.